The number of fused-ring (bicyclic) bond motifs is 21. The normalized spacial score (nSPS) is 22.9. The molecule has 0 unspecified atom stereocenters. The number of benzene rings is 4. The SMILES string of the molecule is COC(=O)CCOCCC(=O)N1CCCCCCn2cc(c3cc(F)ccc32)C[C@@H]2NC(=O)[C@@H](NC(=O)OC(C)(C)C)Cc3cccc(c3)CNC(=O)CO[C@H]3CCCN(C2=O)[C@@H]3C(=O)N[C@@H]([C@@H](C)O)C(=O)N[C@@H](Cc2ccc(OC)cc2)C(=O)N2CCC[C@@]2(C)C(=O)NCCc2ccc(cc2CSC)C1. The molecule has 0 saturated carbocycles. The third kappa shape index (κ3) is 22.0. The molecule has 0 radical (unpaired) electrons. The van der Waals surface area contributed by atoms with Gasteiger partial charge in [-0.25, -0.2) is 9.18 Å². The number of aliphatic hydroxyl groups is 1. The Labute approximate surface area is 623 Å². The van der Waals surface area contributed by atoms with Crippen LogP contribution in [-0.4, -0.2) is 204 Å². The molecule has 5 aromatic rings. The van der Waals surface area contributed by atoms with Gasteiger partial charge in [-0.3, -0.25) is 43.2 Å². The van der Waals surface area contributed by atoms with Gasteiger partial charge in [0.1, 0.15) is 59.5 Å². The molecule has 106 heavy (non-hydrogen) atoms. The van der Waals surface area contributed by atoms with Crippen molar-refractivity contribution in [3.63, 3.8) is 0 Å². The Morgan fingerprint density at radius 2 is 1.54 bits per heavy atom. The van der Waals surface area contributed by atoms with Crippen LogP contribution in [-0.2, 0) is 113 Å². The molecule has 2 fully saturated rings. The van der Waals surface area contributed by atoms with Crippen LogP contribution in [0.2, 0.25) is 0 Å². The van der Waals surface area contributed by atoms with Crippen LogP contribution in [0.4, 0.5) is 9.18 Å². The molecule has 1 aromatic heterocycles. The minimum atomic E-state index is -1.82. The van der Waals surface area contributed by atoms with Crippen LogP contribution in [0.5, 0.6) is 5.75 Å². The molecule has 8 atom stereocenters. The number of hydrogen-bond donors (Lipinski definition) is 7. The third-order valence-electron chi connectivity index (χ3n) is 19.8. The molecule has 4 aromatic carbocycles. The monoisotopic (exact) mass is 1490 g/mol. The number of ether oxygens (including phenoxy) is 5. The number of nitrogens with one attached hydrogen (secondary N) is 6. The lowest BCUT2D eigenvalue weighted by Crippen LogP contribution is -2.66. The zero-order valence-corrected chi connectivity index (χ0v) is 62.8. The van der Waals surface area contributed by atoms with Crippen molar-refractivity contribution in [1.29, 1.82) is 0 Å². The van der Waals surface area contributed by atoms with Crippen molar-refractivity contribution in [1.82, 2.24) is 51.2 Å². The number of piperidine rings is 1. The Bertz CT molecular complexity index is 3940. The van der Waals surface area contributed by atoms with Crippen molar-refractivity contribution in [3.05, 3.63) is 136 Å². The Balaban J connectivity index is 1.11. The van der Waals surface area contributed by atoms with Crippen molar-refractivity contribution in [2.45, 2.75) is 203 Å². The second-order valence-corrected chi connectivity index (χ2v) is 29.8. The number of amides is 9. The van der Waals surface area contributed by atoms with Gasteiger partial charge in [0.25, 0.3) is 0 Å². The maximum absolute atomic E-state index is 16.1. The van der Waals surface area contributed by atoms with Crippen LogP contribution in [0, 0.1) is 5.82 Å². The molecule has 10 rings (SSSR count). The first-order valence-corrected chi connectivity index (χ1v) is 38.0. The topological polar surface area (TPSA) is 324 Å². The first-order valence-electron chi connectivity index (χ1n) is 36.6. The van der Waals surface area contributed by atoms with E-state index in [1.165, 1.54) is 43.1 Å². The van der Waals surface area contributed by atoms with E-state index in [-0.39, 0.29) is 96.7 Å². The number of esters is 1. The summed E-state index contributed by atoms with van der Waals surface area (Å²) in [5.41, 5.74) is 3.35. The molecule has 9 amide bonds. The lowest BCUT2D eigenvalue weighted by Gasteiger charge is -2.42. The van der Waals surface area contributed by atoms with Gasteiger partial charge in [-0.15, -0.1) is 0 Å². The lowest BCUT2D eigenvalue weighted by molar-refractivity contribution is -0.156. The van der Waals surface area contributed by atoms with Gasteiger partial charge in [0.2, 0.25) is 47.3 Å². The quantitative estimate of drug-likeness (QED) is 0.0523. The Morgan fingerprint density at radius 3 is 2.27 bits per heavy atom. The van der Waals surface area contributed by atoms with Crippen LogP contribution >= 0.6 is 11.8 Å². The zero-order chi connectivity index (χ0) is 76.2. The summed E-state index contributed by atoms with van der Waals surface area (Å²) in [4.78, 5) is 150. The molecular formula is C78H103FN10O16S. The van der Waals surface area contributed by atoms with E-state index in [0.29, 0.717) is 103 Å². The highest BCUT2D eigenvalue weighted by atomic mass is 32.2. The van der Waals surface area contributed by atoms with Crippen LogP contribution in [0.3, 0.4) is 0 Å². The fourth-order valence-electron chi connectivity index (χ4n) is 14.3. The third-order valence-corrected chi connectivity index (χ3v) is 20.4. The fourth-order valence-corrected chi connectivity index (χ4v) is 14.8. The van der Waals surface area contributed by atoms with Gasteiger partial charge in [-0.2, -0.15) is 11.8 Å². The van der Waals surface area contributed by atoms with Crippen LogP contribution in [0.1, 0.15) is 138 Å². The highest BCUT2D eigenvalue weighted by Crippen LogP contribution is 2.33. The average Bonchev–Trinajstić information content (AvgIpc) is 1.53. The number of aryl methyl sites for hydroxylation is 1. The molecule has 7 N–H and O–H groups in total. The van der Waals surface area contributed by atoms with E-state index in [0.717, 1.165) is 16.7 Å². The number of thioether (sulfide) groups is 1. The number of hydrogen-bond acceptors (Lipinski definition) is 17. The van der Waals surface area contributed by atoms with Crippen LogP contribution in [0.25, 0.3) is 10.9 Å². The minimum Gasteiger partial charge on any atom is -0.497 e. The Hall–Kier alpha value is -9.12. The largest absolute Gasteiger partial charge is 0.497 e. The average molecular weight is 1490 g/mol. The van der Waals surface area contributed by atoms with Crippen molar-refractivity contribution < 1.29 is 81.1 Å². The Kier molecular flexibility index (Phi) is 29.0. The fraction of sp³-hybridized carbons (Fsp3) is 0.538. The molecule has 0 aliphatic carbocycles. The van der Waals surface area contributed by atoms with E-state index in [9.17, 15) is 29.1 Å². The van der Waals surface area contributed by atoms with E-state index < -0.39 is 119 Å². The van der Waals surface area contributed by atoms with Gasteiger partial charge in [0.05, 0.1) is 52.5 Å². The molecule has 26 nitrogen and oxygen atoms in total. The number of rotatable bonds is 13. The summed E-state index contributed by atoms with van der Waals surface area (Å²) in [5.74, 6) is -5.24. The molecule has 5 aliphatic rings. The molecule has 2 saturated heterocycles. The summed E-state index contributed by atoms with van der Waals surface area (Å²) in [5, 5.41) is 29.2. The van der Waals surface area contributed by atoms with E-state index >= 15 is 28.4 Å². The van der Waals surface area contributed by atoms with Crippen molar-refractivity contribution in [2.24, 2.45) is 0 Å². The van der Waals surface area contributed by atoms with E-state index in [1.54, 1.807) is 100 Å². The summed E-state index contributed by atoms with van der Waals surface area (Å²) >= 11 is 1.63. The molecule has 10 bridgehead atoms. The number of nitrogens with zero attached hydrogens (tertiary/aromatic N) is 4. The second kappa shape index (κ2) is 37.9. The summed E-state index contributed by atoms with van der Waals surface area (Å²) in [6.07, 6.45) is 3.69. The summed E-state index contributed by atoms with van der Waals surface area (Å²) < 4.78 is 45.6. The highest BCUT2D eigenvalue weighted by molar-refractivity contribution is 7.97. The van der Waals surface area contributed by atoms with Gasteiger partial charge in [-0.1, -0.05) is 67.4 Å². The Morgan fingerprint density at radius 1 is 0.783 bits per heavy atom. The zero-order valence-electron chi connectivity index (χ0n) is 62.0. The first kappa shape index (κ1) is 81.0. The summed E-state index contributed by atoms with van der Waals surface area (Å²) in [6.45, 7) is 8.92. The maximum Gasteiger partial charge on any atom is 0.408 e. The predicted octanol–water partition coefficient (Wildman–Crippen LogP) is 6.03. The first-order chi connectivity index (χ1) is 50.7. The number of alkyl carbamates (subject to hydrolysis) is 1. The van der Waals surface area contributed by atoms with Crippen LogP contribution < -0.4 is 36.6 Å². The van der Waals surface area contributed by atoms with Crippen LogP contribution in [0.15, 0.2) is 91.1 Å². The molecule has 5 aliphatic heterocycles. The van der Waals surface area contributed by atoms with E-state index in [4.69, 9.17) is 23.7 Å². The molecule has 574 valence electrons. The van der Waals surface area contributed by atoms with Crippen molar-refractivity contribution in [2.75, 3.05) is 66.5 Å². The summed E-state index contributed by atoms with van der Waals surface area (Å²) in [6, 6.07) is 16.3. The number of methoxy groups -OCH3 is 2. The van der Waals surface area contributed by atoms with E-state index in [1.807, 2.05) is 27.9 Å². The second-order valence-electron chi connectivity index (χ2n) is 28.9. The highest BCUT2D eigenvalue weighted by Gasteiger charge is 2.49. The van der Waals surface area contributed by atoms with Crippen molar-refractivity contribution in [3.8, 4) is 5.75 Å². The van der Waals surface area contributed by atoms with Gasteiger partial charge in [-0.05, 0) is 155 Å². The summed E-state index contributed by atoms with van der Waals surface area (Å²) in [7, 11) is 2.80. The van der Waals surface area contributed by atoms with E-state index in [2.05, 4.69) is 38.0 Å². The number of aliphatic hydroxyl groups excluding tert-OH is 1. The molecular weight excluding hydrogens is 1380 g/mol. The number of carbonyl (C=O) groups excluding carboxylic acids is 10. The number of aromatic nitrogens is 1. The van der Waals surface area contributed by atoms with Gasteiger partial charge >= 0.3 is 12.1 Å². The smallest absolute Gasteiger partial charge is 0.408 e. The van der Waals surface area contributed by atoms with Gasteiger partial charge < -0.3 is 80.0 Å². The molecule has 28 heteroatoms. The maximum atomic E-state index is 16.1. The minimum absolute atomic E-state index is 0.00864. The van der Waals surface area contributed by atoms with Gasteiger partial charge in [0.15, 0.2) is 0 Å². The predicted molar refractivity (Wildman–Crippen MR) is 395 cm³/mol. The molecule has 0 spiro atoms. The number of halogens is 1. The van der Waals surface area contributed by atoms with Gasteiger partial charge in [0, 0.05) is 87.9 Å². The standard InChI is InChI=1S/C78H103FN10O16S/c1-49(90)68-71(95)83-61(40-50-20-24-58(101-6)25-21-50)74(98)89-35-15-30-78(89,5)75(99)80-31-27-54-22-19-53(39-56(54)48-106-8)45-87(66(92)28-36-103-37-29-67(93)102-7)33-12-10-9-11-32-86-46-55(59-43-57(79)23-26-63(59)86)42-62-73(97)88-34-14-18-64(69(88)72(96)85-68)104-47-65(91)81-44-52-17-13-16-51(38-52)41-60(70(94)82-62)84-76(100)105-77(2,3)4/h13,16-17,19-26,38-39,43,46,49,60-62,64,68-69,90H,9-12,14-15,18,27-37,40-42,44-45,47-48H2,1-8H3,(H,80,99)(H,81,91)(H,82,94)(H,83,95)(H,84,100)(H,85,96)/t49-,60+,61+,62+,64+,68+,69+,78+/m1/s1. The van der Waals surface area contributed by atoms with Crippen molar-refractivity contribution >= 4 is 82.0 Å². The number of carbonyl (C=O) groups is 10. The lowest BCUT2D eigenvalue weighted by atomic mass is 9.94. The molecule has 6 heterocycles.